The first kappa shape index (κ1) is 51.4. The van der Waals surface area contributed by atoms with Crippen LogP contribution in [-0.2, 0) is 28.6 Å². The molecule has 314 valence electrons. The van der Waals surface area contributed by atoms with Crippen molar-refractivity contribution in [1.29, 1.82) is 0 Å². The van der Waals surface area contributed by atoms with E-state index >= 15 is 0 Å². The molecule has 6 heteroatoms. The van der Waals surface area contributed by atoms with Crippen molar-refractivity contribution in [3.8, 4) is 0 Å². The molecule has 0 amide bonds. The fourth-order valence-corrected chi connectivity index (χ4v) is 6.81. The van der Waals surface area contributed by atoms with Gasteiger partial charge in [-0.15, -0.1) is 0 Å². The van der Waals surface area contributed by atoms with Crippen molar-refractivity contribution in [3.05, 3.63) is 0 Å². The molecule has 6 nitrogen and oxygen atoms in total. The molecular weight excluding hydrogens is 661 g/mol. The quantitative estimate of drug-likeness (QED) is 0.0352. The third-order valence-electron chi connectivity index (χ3n) is 11.1. The van der Waals surface area contributed by atoms with E-state index in [2.05, 4.69) is 41.5 Å². The molecule has 0 fully saturated rings. The summed E-state index contributed by atoms with van der Waals surface area (Å²) in [7, 11) is 0. The molecule has 0 aromatic rings. The molecule has 0 rings (SSSR count). The van der Waals surface area contributed by atoms with Crippen molar-refractivity contribution in [1.82, 2.24) is 0 Å². The predicted octanol–water partition coefficient (Wildman–Crippen LogP) is 14.4. The van der Waals surface area contributed by atoms with E-state index in [0.717, 1.165) is 75.5 Å². The molecule has 0 saturated heterocycles. The molecule has 0 bridgehead atoms. The zero-order chi connectivity index (χ0) is 39.2. The number of carbonyl (C=O) groups excluding carboxylic acids is 3. The predicted molar refractivity (Wildman–Crippen MR) is 224 cm³/mol. The highest BCUT2D eigenvalue weighted by Gasteiger charge is 2.19. The van der Waals surface area contributed by atoms with Crippen molar-refractivity contribution in [3.63, 3.8) is 0 Å². The van der Waals surface area contributed by atoms with Crippen molar-refractivity contribution in [2.24, 2.45) is 17.8 Å². The summed E-state index contributed by atoms with van der Waals surface area (Å²) in [5.41, 5.74) is 0. The average Bonchev–Trinajstić information content (AvgIpc) is 3.14. The Morgan fingerprint density at radius 2 is 0.660 bits per heavy atom. The Bertz CT molecular complexity index is 826. The van der Waals surface area contributed by atoms with Crippen LogP contribution in [0.1, 0.15) is 247 Å². The van der Waals surface area contributed by atoms with Crippen LogP contribution in [0, 0.1) is 17.8 Å². The molecule has 0 aromatic carbocycles. The fourth-order valence-electron chi connectivity index (χ4n) is 6.81. The van der Waals surface area contributed by atoms with Gasteiger partial charge in [0.2, 0.25) is 0 Å². The van der Waals surface area contributed by atoms with Crippen LogP contribution >= 0.6 is 0 Å². The third kappa shape index (κ3) is 38.5. The lowest BCUT2D eigenvalue weighted by Gasteiger charge is -2.18. The van der Waals surface area contributed by atoms with E-state index in [4.69, 9.17) is 14.2 Å². The van der Waals surface area contributed by atoms with E-state index in [1.165, 1.54) is 128 Å². The van der Waals surface area contributed by atoms with Gasteiger partial charge in [-0.3, -0.25) is 14.4 Å². The van der Waals surface area contributed by atoms with Gasteiger partial charge in [0.25, 0.3) is 0 Å². The topological polar surface area (TPSA) is 78.9 Å². The summed E-state index contributed by atoms with van der Waals surface area (Å²) in [6.07, 6.45) is 35.2. The van der Waals surface area contributed by atoms with Crippen molar-refractivity contribution < 1.29 is 28.6 Å². The summed E-state index contributed by atoms with van der Waals surface area (Å²) >= 11 is 0. The molecule has 0 radical (unpaired) electrons. The molecule has 3 atom stereocenters. The Hall–Kier alpha value is -1.59. The molecule has 0 aromatic heterocycles. The van der Waals surface area contributed by atoms with Gasteiger partial charge in [-0.25, -0.2) is 0 Å². The number of hydrogen-bond acceptors (Lipinski definition) is 6. The largest absolute Gasteiger partial charge is 0.462 e. The first-order valence-electron chi connectivity index (χ1n) is 23.2. The lowest BCUT2D eigenvalue weighted by Crippen LogP contribution is -2.30. The van der Waals surface area contributed by atoms with Crippen LogP contribution < -0.4 is 0 Å². The van der Waals surface area contributed by atoms with Crippen molar-refractivity contribution >= 4 is 17.9 Å². The molecule has 0 N–H and O–H groups in total. The molecular formula is C47H90O6. The lowest BCUT2D eigenvalue weighted by molar-refractivity contribution is -0.167. The van der Waals surface area contributed by atoms with Crippen LogP contribution in [0.3, 0.4) is 0 Å². The van der Waals surface area contributed by atoms with E-state index in [1.807, 2.05) is 0 Å². The molecule has 0 heterocycles. The maximum absolute atomic E-state index is 12.7. The molecule has 0 aliphatic rings. The van der Waals surface area contributed by atoms with Crippen LogP contribution in [0.4, 0.5) is 0 Å². The zero-order valence-corrected chi connectivity index (χ0v) is 36.3. The number of hydrogen-bond donors (Lipinski definition) is 0. The van der Waals surface area contributed by atoms with E-state index in [0.29, 0.717) is 19.3 Å². The Balaban J connectivity index is 4.34. The summed E-state index contributed by atoms with van der Waals surface area (Å²) < 4.78 is 16.7. The average molecular weight is 751 g/mol. The molecule has 0 aliphatic carbocycles. The summed E-state index contributed by atoms with van der Waals surface area (Å²) in [6, 6.07) is 0. The summed E-state index contributed by atoms with van der Waals surface area (Å²) in [6.45, 7) is 13.6. The number of unbranched alkanes of at least 4 members (excludes halogenated alkanes) is 21. The van der Waals surface area contributed by atoms with Crippen molar-refractivity contribution in [2.45, 2.75) is 253 Å². The minimum Gasteiger partial charge on any atom is -0.462 e. The van der Waals surface area contributed by atoms with Gasteiger partial charge in [0.15, 0.2) is 6.10 Å². The van der Waals surface area contributed by atoms with Crippen molar-refractivity contribution in [2.75, 3.05) is 13.2 Å². The highest BCUT2D eigenvalue weighted by atomic mass is 16.6. The van der Waals surface area contributed by atoms with Gasteiger partial charge in [-0.1, -0.05) is 208 Å². The number of ether oxygens (including phenoxy) is 3. The molecule has 0 spiro atoms. The molecule has 2 unspecified atom stereocenters. The molecule has 53 heavy (non-hydrogen) atoms. The highest BCUT2D eigenvalue weighted by Crippen LogP contribution is 2.18. The molecule has 0 aliphatic heterocycles. The van der Waals surface area contributed by atoms with E-state index in [-0.39, 0.29) is 31.1 Å². The lowest BCUT2D eigenvalue weighted by atomic mass is 9.99. The second-order valence-corrected chi connectivity index (χ2v) is 17.0. The van der Waals surface area contributed by atoms with Gasteiger partial charge >= 0.3 is 17.9 Å². The van der Waals surface area contributed by atoms with Crippen LogP contribution in [0.15, 0.2) is 0 Å². The Morgan fingerprint density at radius 1 is 0.377 bits per heavy atom. The van der Waals surface area contributed by atoms with E-state index in [1.54, 1.807) is 0 Å². The van der Waals surface area contributed by atoms with Gasteiger partial charge in [-0.2, -0.15) is 0 Å². The number of esters is 3. The van der Waals surface area contributed by atoms with Crippen LogP contribution in [0.5, 0.6) is 0 Å². The van der Waals surface area contributed by atoms with Gasteiger partial charge in [0.1, 0.15) is 13.2 Å². The minimum absolute atomic E-state index is 0.0669. The Morgan fingerprint density at radius 3 is 0.981 bits per heavy atom. The highest BCUT2D eigenvalue weighted by molar-refractivity contribution is 5.71. The monoisotopic (exact) mass is 751 g/mol. The Labute approximate surface area is 329 Å². The maximum Gasteiger partial charge on any atom is 0.306 e. The van der Waals surface area contributed by atoms with Gasteiger partial charge < -0.3 is 14.2 Å². The summed E-state index contributed by atoms with van der Waals surface area (Å²) in [4.78, 5) is 37.7. The third-order valence-corrected chi connectivity index (χ3v) is 11.1. The standard InChI is InChI=1S/C47H90O6/c1-7-42(5)34-28-22-16-11-9-10-12-17-24-30-36-45(48)51-39-44(53-47(50)38-32-26-20-19-23-29-35-43(6)8-2)40-52-46(49)37-31-25-18-14-13-15-21-27-33-41(3)4/h41-44H,7-40H2,1-6H3/t42?,43?,44-/m0/s1. The van der Waals surface area contributed by atoms with Gasteiger partial charge in [0, 0.05) is 19.3 Å². The fraction of sp³-hybridized carbons (Fsp3) is 0.936. The van der Waals surface area contributed by atoms with Gasteiger partial charge in [-0.05, 0) is 37.0 Å². The summed E-state index contributed by atoms with van der Waals surface area (Å²) in [5.74, 6) is 1.61. The van der Waals surface area contributed by atoms with E-state index < -0.39 is 6.10 Å². The number of rotatable bonds is 40. The first-order chi connectivity index (χ1) is 25.7. The van der Waals surface area contributed by atoms with Crippen LogP contribution in [0.25, 0.3) is 0 Å². The van der Waals surface area contributed by atoms with Crippen LogP contribution in [0.2, 0.25) is 0 Å². The SMILES string of the molecule is CCC(C)CCCCCCCCCCCCC(=O)OC[C@@H](COC(=O)CCCCCCCCCCC(C)C)OC(=O)CCCCCCCCC(C)CC. The maximum atomic E-state index is 12.7. The number of carbonyl (C=O) groups is 3. The van der Waals surface area contributed by atoms with Crippen LogP contribution in [-0.4, -0.2) is 37.2 Å². The zero-order valence-electron chi connectivity index (χ0n) is 36.3. The second-order valence-electron chi connectivity index (χ2n) is 17.0. The normalized spacial score (nSPS) is 13.2. The summed E-state index contributed by atoms with van der Waals surface area (Å²) in [5, 5.41) is 0. The Kier molecular flexibility index (Phi) is 37.5. The minimum atomic E-state index is -0.762. The van der Waals surface area contributed by atoms with Gasteiger partial charge in [0.05, 0.1) is 0 Å². The molecule has 0 saturated carbocycles. The first-order valence-corrected chi connectivity index (χ1v) is 23.2. The van der Waals surface area contributed by atoms with E-state index in [9.17, 15) is 14.4 Å². The smallest absolute Gasteiger partial charge is 0.306 e. The second kappa shape index (κ2) is 38.7.